The van der Waals surface area contributed by atoms with Crippen molar-refractivity contribution in [1.29, 1.82) is 0 Å². The summed E-state index contributed by atoms with van der Waals surface area (Å²) >= 11 is 0. The van der Waals surface area contributed by atoms with Crippen LogP contribution in [0.4, 0.5) is 0 Å². The lowest BCUT2D eigenvalue weighted by molar-refractivity contribution is -0.138. The second-order valence-corrected chi connectivity index (χ2v) is 6.26. The zero-order chi connectivity index (χ0) is 14.0. The number of carbonyl (C=O) groups is 2. The number of piperidine rings is 1. The van der Waals surface area contributed by atoms with Crippen molar-refractivity contribution in [1.82, 2.24) is 10.2 Å². The van der Waals surface area contributed by atoms with Crippen molar-refractivity contribution in [3.8, 4) is 0 Å². The second-order valence-electron chi connectivity index (χ2n) is 6.26. The third-order valence-corrected chi connectivity index (χ3v) is 4.30. The summed E-state index contributed by atoms with van der Waals surface area (Å²) in [6, 6.07) is 1.22. The number of nitrogens with one attached hydrogen (secondary N) is 1. The SMILES string of the molecule is CC(C)N(CC(N)=O)C(=O)CC1CC2CCC(C1)N2.Cl. The Labute approximate surface area is 127 Å². The zero-order valence-electron chi connectivity index (χ0n) is 12.3. The van der Waals surface area contributed by atoms with Crippen LogP contribution in [0.15, 0.2) is 0 Å². The van der Waals surface area contributed by atoms with E-state index in [1.165, 1.54) is 12.8 Å². The Kier molecular flexibility index (Phi) is 6.27. The first-order valence-corrected chi connectivity index (χ1v) is 7.29. The molecule has 2 aliphatic rings. The molecule has 0 saturated carbocycles. The monoisotopic (exact) mass is 303 g/mol. The predicted molar refractivity (Wildman–Crippen MR) is 80.6 cm³/mol. The third kappa shape index (κ3) is 4.35. The van der Waals surface area contributed by atoms with E-state index in [1.54, 1.807) is 4.90 Å². The highest BCUT2D eigenvalue weighted by Gasteiger charge is 2.35. The van der Waals surface area contributed by atoms with Gasteiger partial charge in [-0.2, -0.15) is 0 Å². The maximum Gasteiger partial charge on any atom is 0.237 e. The van der Waals surface area contributed by atoms with Crippen LogP contribution >= 0.6 is 12.4 Å². The van der Waals surface area contributed by atoms with Crippen molar-refractivity contribution in [3.05, 3.63) is 0 Å². The molecular weight excluding hydrogens is 278 g/mol. The minimum absolute atomic E-state index is 0. The van der Waals surface area contributed by atoms with E-state index < -0.39 is 5.91 Å². The van der Waals surface area contributed by atoms with Gasteiger partial charge in [0, 0.05) is 24.5 Å². The molecule has 2 atom stereocenters. The molecule has 0 radical (unpaired) electrons. The van der Waals surface area contributed by atoms with E-state index in [0.29, 0.717) is 24.4 Å². The maximum absolute atomic E-state index is 12.3. The molecule has 6 heteroatoms. The third-order valence-electron chi connectivity index (χ3n) is 4.30. The Hall–Kier alpha value is -0.810. The molecule has 2 saturated heterocycles. The van der Waals surface area contributed by atoms with Gasteiger partial charge in [0.2, 0.25) is 11.8 Å². The van der Waals surface area contributed by atoms with Crippen molar-refractivity contribution in [2.75, 3.05) is 6.54 Å². The molecule has 0 aromatic rings. The molecule has 0 aromatic heterocycles. The summed E-state index contributed by atoms with van der Waals surface area (Å²) in [6.45, 7) is 3.88. The molecule has 116 valence electrons. The Balaban J connectivity index is 0.00000200. The van der Waals surface area contributed by atoms with Gasteiger partial charge in [0.25, 0.3) is 0 Å². The summed E-state index contributed by atoms with van der Waals surface area (Å²) in [5.41, 5.74) is 5.21. The number of carbonyl (C=O) groups excluding carboxylic acids is 2. The first kappa shape index (κ1) is 17.2. The lowest BCUT2D eigenvalue weighted by atomic mass is 9.89. The fourth-order valence-corrected chi connectivity index (χ4v) is 3.43. The lowest BCUT2D eigenvalue weighted by Crippen LogP contribution is -2.45. The van der Waals surface area contributed by atoms with Gasteiger partial charge >= 0.3 is 0 Å². The van der Waals surface area contributed by atoms with Crippen molar-refractivity contribution < 1.29 is 9.59 Å². The van der Waals surface area contributed by atoms with Crippen molar-refractivity contribution in [2.24, 2.45) is 11.7 Å². The molecule has 5 nitrogen and oxygen atoms in total. The predicted octanol–water partition coefficient (Wildman–Crippen LogP) is 1.05. The van der Waals surface area contributed by atoms with Crippen LogP contribution in [-0.2, 0) is 9.59 Å². The van der Waals surface area contributed by atoms with E-state index >= 15 is 0 Å². The van der Waals surface area contributed by atoms with Crippen LogP contribution in [0.25, 0.3) is 0 Å². The fraction of sp³-hybridized carbons (Fsp3) is 0.857. The van der Waals surface area contributed by atoms with Crippen LogP contribution in [0.1, 0.15) is 46.0 Å². The van der Waals surface area contributed by atoms with Crippen LogP contribution < -0.4 is 11.1 Å². The first-order valence-electron chi connectivity index (χ1n) is 7.29. The highest BCUT2D eigenvalue weighted by atomic mass is 35.5. The Bertz CT molecular complexity index is 350. The number of nitrogens with two attached hydrogens (primary N) is 1. The molecular formula is C14H26ClN3O2. The minimum Gasteiger partial charge on any atom is -0.368 e. The average Bonchev–Trinajstić information content (AvgIpc) is 2.65. The summed E-state index contributed by atoms with van der Waals surface area (Å²) in [7, 11) is 0. The second kappa shape index (κ2) is 7.27. The summed E-state index contributed by atoms with van der Waals surface area (Å²) in [5, 5.41) is 3.58. The van der Waals surface area contributed by atoms with Gasteiger partial charge in [0.05, 0.1) is 6.54 Å². The molecule has 2 heterocycles. The molecule has 0 spiro atoms. The molecule has 2 unspecified atom stereocenters. The molecule has 2 fully saturated rings. The molecule has 3 N–H and O–H groups in total. The number of hydrogen-bond acceptors (Lipinski definition) is 3. The normalized spacial score (nSPS) is 28.1. The summed E-state index contributed by atoms with van der Waals surface area (Å²) < 4.78 is 0. The Morgan fingerprint density at radius 2 is 1.80 bits per heavy atom. The average molecular weight is 304 g/mol. The van der Waals surface area contributed by atoms with Crippen LogP contribution in [0.3, 0.4) is 0 Å². The Morgan fingerprint density at radius 3 is 2.25 bits per heavy atom. The number of fused-ring (bicyclic) bond motifs is 2. The van der Waals surface area contributed by atoms with Gasteiger partial charge in [0.1, 0.15) is 0 Å². The van der Waals surface area contributed by atoms with E-state index in [2.05, 4.69) is 5.32 Å². The lowest BCUT2D eigenvalue weighted by Gasteiger charge is -2.31. The molecule has 0 aromatic carbocycles. The van der Waals surface area contributed by atoms with Gasteiger partial charge in [-0.15, -0.1) is 12.4 Å². The van der Waals surface area contributed by atoms with E-state index in [-0.39, 0.29) is 30.9 Å². The van der Waals surface area contributed by atoms with Crippen LogP contribution in [-0.4, -0.2) is 41.4 Å². The van der Waals surface area contributed by atoms with Crippen LogP contribution in [0.2, 0.25) is 0 Å². The van der Waals surface area contributed by atoms with Gasteiger partial charge in [-0.05, 0) is 45.4 Å². The van der Waals surface area contributed by atoms with E-state index in [9.17, 15) is 9.59 Å². The van der Waals surface area contributed by atoms with Crippen LogP contribution in [0.5, 0.6) is 0 Å². The smallest absolute Gasteiger partial charge is 0.237 e. The van der Waals surface area contributed by atoms with Crippen molar-refractivity contribution in [2.45, 2.75) is 64.1 Å². The summed E-state index contributed by atoms with van der Waals surface area (Å²) in [4.78, 5) is 25.0. The topological polar surface area (TPSA) is 75.4 Å². The standard InChI is InChI=1S/C14H25N3O2.ClH/c1-9(2)17(8-13(15)18)14(19)7-10-5-11-3-4-12(6-10)16-11;/h9-12,16H,3-8H2,1-2H3,(H2,15,18);1H. The summed E-state index contributed by atoms with van der Waals surface area (Å²) in [5.74, 6) is 0.0907. The molecule has 20 heavy (non-hydrogen) atoms. The molecule has 2 bridgehead atoms. The highest BCUT2D eigenvalue weighted by molar-refractivity contribution is 5.85. The first-order chi connectivity index (χ1) is 8.95. The van der Waals surface area contributed by atoms with Gasteiger partial charge in [0.15, 0.2) is 0 Å². The number of hydrogen-bond donors (Lipinski definition) is 2. The number of amides is 2. The van der Waals surface area contributed by atoms with Gasteiger partial charge in [-0.25, -0.2) is 0 Å². The number of nitrogens with zero attached hydrogens (tertiary/aromatic N) is 1. The highest BCUT2D eigenvalue weighted by Crippen LogP contribution is 2.33. The van der Waals surface area contributed by atoms with Gasteiger partial charge in [-0.1, -0.05) is 0 Å². The van der Waals surface area contributed by atoms with E-state index in [4.69, 9.17) is 5.73 Å². The summed E-state index contributed by atoms with van der Waals surface area (Å²) in [6.07, 6.45) is 5.21. The molecule has 2 aliphatic heterocycles. The van der Waals surface area contributed by atoms with Crippen LogP contribution in [0, 0.1) is 5.92 Å². The minimum atomic E-state index is -0.438. The van der Waals surface area contributed by atoms with Gasteiger partial charge < -0.3 is 16.0 Å². The molecule has 2 amide bonds. The van der Waals surface area contributed by atoms with Crippen molar-refractivity contribution in [3.63, 3.8) is 0 Å². The van der Waals surface area contributed by atoms with E-state index in [0.717, 1.165) is 12.8 Å². The molecule has 0 aliphatic carbocycles. The largest absolute Gasteiger partial charge is 0.368 e. The van der Waals surface area contributed by atoms with Gasteiger partial charge in [-0.3, -0.25) is 9.59 Å². The fourth-order valence-electron chi connectivity index (χ4n) is 3.43. The maximum atomic E-state index is 12.3. The van der Waals surface area contributed by atoms with E-state index in [1.807, 2.05) is 13.8 Å². The molecule has 2 rings (SSSR count). The number of rotatable bonds is 5. The number of primary amides is 1. The number of halogens is 1. The quantitative estimate of drug-likeness (QED) is 0.797. The zero-order valence-corrected chi connectivity index (χ0v) is 13.1. The van der Waals surface area contributed by atoms with Crippen molar-refractivity contribution >= 4 is 24.2 Å². The Morgan fingerprint density at radius 1 is 1.25 bits per heavy atom.